The number of pyridine rings is 6. The van der Waals surface area contributed by atoms with Gasteiger partial charge in [0.1, 0.15) is 61.0 Å². The third kappa shape index (κ3) is 11.1. The van der Waals surface area contributed by atoms with Crippen molar-refractivity contribution in [2.45, 2.75) is 34.5 Å². The average Bonchev–Trinajstić information content (AvgIpc) is 1.70. The molecule has 4 aliphatic heterocycles. The molecule has 0 bridgehead atoms. The summed E-state index contributed by atoms with van der Waals surface area (Å²) in [6, 6.07) is 38.3. The summed E-state index contributed by atoms with van der Waals surface area (Å²) in [5.74, 6) is 8.70. The standard InChI is InChI=1S/C19H20BN2O.C18H18BN2O.2C17H17BN3O/c1-13-9-19(21(3)11-14(13)2)20-10-16-15-7-5-6-8-17(15)23-18(16)12-22(20)4;1-13-8-9-20(2)18(10-13)19-11-15-14-6-4-5-7-16(14)22-17(15)12-21(19)3;1-12-6-7-16(20(2)10-12)18-9-15-14(11-21(18)3)13-5-4-8-19-17(13)22-15;1-12-6-8-20(2)16(9-12)18-10-15-14(11-21(18)3)13-5-4-7-19-17(13)22-15/h5-12H,1-4H3;4-12H,1-3H3;2*4-11H,1-3H3/q4*+1/i2D3;;1D3;. The van der Waals surface area contributed by atoms with Gasteiger partial charge in [0, 0.05) is 117 Å². The summed E-state index contributed by atoms with van der Waals surface area (Å²) < 4.78 is 77.7. The van der Waals surface area contributed by atoms with Crippen LogP contribution in [0.15, 0.2) is 170 Å². The minimum Gasteiger partial charge on any atom is -0.455 e. The van der Waals surface area contributed by atoms with Gasteiger partial charge in [0.25, 0.3) is 0 Å². The average molecular weight is 1180 g/mol. The van der Waals surface area contributed by atoms with Gasteiger partial charge in [-0.2, -0.15) is 0 Å². The Balaban J connectivity index is 0.000000115. The van der Waals surface area contributed by atoms with Crippen LogP contribution in [0.1, 0.15) is 36.0 Å². The molecule has 0 amide bonds. The van der Waals surface area contributed by atoms with Gasteiger partial charge < -0.3 is 36.9 Å². The van der Waals surface area contributed by atoms with Crippen LogP contribution in [0.4, 0.5) is 0 Å². The minimum absolute atomic E-state index is 0.00198. The third-order valence-corrected chi connectivity index (χ3v) is 17.3. The van der Waals surface area contributed by atoms with Crippen molar-refractivity contribution < 1.29 is 44.2 Å². The molecule has 2 aromatic carbocycles. The van der Waals surface area contributed by atoms with Crippen LogP contribution in [-0.2, 0) is 28.2 Å². The molecule has 0 fully saturated rings. The summed E-state index contributed by atoms with van der Waals surface area (Å²) in [6.45, 7) is 2.20. The number of hydrogen-bond donors (Lipinski definition) is 0. The Morgan fingerprint density at radius 2 is 0.843 bits per heavy atom. The maximum atomic E-state index is 7.71. The first-order valence-corrected chi connectivity index (χ1v) is 29.7. The topological polar surface area (TPSA) is 107 Å². The highest BCUT2D eigenvalue weighted by atomic mass is 16.3. The van der Waals surface area contributed by atoms with Crippen molar-refractivity contribution in [1.82, 2.24) is 29.2 Å². The largest absolute Gasteiger partial charge is 0.455 e. The molecule has 438 valence electrons. The fraction of sp³-hybridized carbons (Fsp3) is 0.183. The molecule has 14 nitrogen and oxygen atoms in total. The number of aromatic nitrogens is 6. The van der Waals surface area contributed by atoms with Crippen LogP contribution >= 0.6 is 0 Å². The van der Waals surface area contributed by atoms with Gasteiger partial charge in [0.15, 0.2) is 47.2 Å². The molecule has 89 heavy (non-hydrogen) atoms. The first kappa shape index (κ1) is 51.0. The molecule has 0 aliphatic carbocycles. The molecule has 18 heteroatoms. The smallest absolute Gasteiger partial charge is 0.399 e. The van der Waals surface area contributed by atoms with Gasteiger partial charge in [0.2, 0.25) is 11.4 Å². The van der Waals surface area contributed by atoms with Gasteiger partial charge in [0.05, 0.1) is 0 Å². The number of aryl methyl sites for hydroxylation is 9. The Kier molecular flexibility index (Phi) is 13.5. The van der Waals surface area contributed by atoms with Crippen LogP contribution in [0.3, 0.4) is 0 Å². The van der Waals surface area contributed by atoms with E-state index in [1.54, 1.807) is 30.9 Å². The van der Waals surface area contributed by atoms with Gasteiger partial charge in [-0.25, -0.2) is 28.2 Å². The van der Waals surface area contributed by atoms with E-state index in [-0.39, 0.29) is 27.4 Å². The lowest BCUT2D eigenvalue weighted by molar-refractivity contribution is -0.654. The molecule has 14 heterocycles. The van der Waals surface area contributed by atoms with E-state index in [9.17, 15) is 0 Å². The van der Waals surface area contributed by atoms with Crippen molar-refractivity contribution in [3.8, 4) is 0 Å². The van der Waals surface area contributed by atoms with Crippen LogP contribution in [0.5, 0.6) is 0 Å². The van der Waals surface area contributed by atoms with Crippen molar-refractivity contribution >= 4 is 143 Å². The number of benzene rings is 2. The Labute approximate surface area is 527 Å². The van der Waals surface area contributed by atoms with Crippen molar-refractivity contribution in [2.24, 2.45) is 28.2 Å². The van der Waals surface area contributed by atoms with Gasteiger partial charge in [-0.3, -0.25) is 0 Å². The first-order chi connectivity index (χ1) is 45.4. The number of hydrogen-bond acceptors (Lipinski definition) is 10. The molecule has 0 N–H and O–H groups in total. The number of fused-ring (bicyclic) bond motifs is 12. The Morgan fingerprint density at radius 3 is 1.34 bits per heavy atom. The van der Waals surface area contributed by atoms with E-state index in [2.05, 4.69) is 172 Å². The highest BCUT2D eigenvalue weighted by molar-refractivity contribution is 6.84. The Bertz CT molecular complexity index is 5570. The Morgan fingerprint density at radius 1 is 0.393 bits per heavy atom. The highest BCUT2D eigenvalue weighted by Gasteiger charge is 2.34. The number of rotatable bonds is 4. The zero-order valence-electron chi connectivity index (χ0n) is 58.0. The zero-order valence-corrected chi connectivity index (χ0v) is 52.0. The zero-order chi connectivity index (χ0) is 66.9. The number of nitrogens with zero attached hydrogens (tertiary/aromatic N) is 10. The molecular formula is C71H72B4N10O4+4. The van der Waals surface area contributed by atoms with Gasteiger partial charge in [-0.05, 0) is 152 Å². The second-order valence-corrected chi connectivity index (χ2v) is 23.7. The molecule has 0 spiro atoms. The van der Waals surface area contributed by atoms with E-state index in [1.165, 1.54) is 32.9 Å². The minimum atomic E-state index is -2.11. The van der Waals surface area contributed by atoms with E-state index >= 15 is 0 Å². The van der Waals surface area contributed by atoms with Crippen LogP contribution in [0.25, 0.3) is 92.8 Å². The lowest BCUT2D eigenvalue weighted by atomic mass is 9.55. The van der Waals surface area contributed by atoms with Gasteiger partial charge in [-0.1, -0.05) is 48.3 Å². The maximum absolute atomic E-state index is 7.71. The molecule has 10 aromatic heterocycles. The van der Waals surface area contributed by atoms with E-state index in [0.29, 0.717) is 22.6 Å². The first-order valence-electron chi connectivity index (χ1n) is 32.7. The normalized spacial score (nSPS) is 15.0. The second kappa shape index (κ2) is 23.5. The Hall–Kier alpha value is -10.1. The van der Waals surface area contributed by atoms with Gasteiger partial charge >= 0.3 is 27.4 Å². The summed E-state index contributed by atoms with van der Waals surface area (Å²) in [5, 5.41) is 8.73. The van der Waals surface area contributed by atoms with E-state index in [1.807, 2.05) is 123 Å². The molecule has 4 aliphatic rings. The van der Waals surface area contributed by atoms with Crippen LogP contribution in [0.2, 0.25) is 0 Å². The van der Waals surface area contributed by atoms with E-state index < -0.39 is 13.7 Å². The maximum Gasteiger partial charge on any atom is 0.399 e. The molecule has 0 saturated heterocycles. The van der Waals surface area contributed by atoms with Crippen LogP contribution in [0, 0.1) is 34.5 Å². The van der Waals surface area contributed by atoms with E-state index in [4.69, 9.17) is 25.9 Å². The molecule has 12 aromatic rings. The van der Waals surface area contributed by atoms with Crippen LogP contribution in [-0.4, -0.2) is 84.8 Å². The molecule has 0 atom stereocenters. The lowest BCUT2D eigenvalue weighted by Gasteiger charge is -2.21. The summed E-state index contributed by atoms with van der Waals surface area (Å²) in [7, 11) is 16.1. The van der Waals surface area contributed by atoms with Gasteiger partial charge in [-0.15, -0.1) is 0 Å². The van der Waals surface area contributed by atoms with Crippen molar-refractivity contribution in [1.29, 1.82) is 0 Å². The van der Waals surface area contributed by atoms with Crippen molar-refractivity contribution in [3.05, 3.63) is 223 Å². The SMILES string of the molecule is Cc1cc[n+](C)c(B2C=c3c(oc4ccccc34)=CN2C)c1.Cc1cc[n+](C)c(B2C=c3oc4ncccc4c3=CN2C)c1.[2H]C([2H])([2H])c1c[n+](C)c(B2C=c3c(oc4ccccc34)=CN2C)cc1C.[2H]C([2H])([2H])c1ccc(B2C=c3oc4ncccc4c3=CN2C)[n+](C)c1. The summed E-state index contributed by atoms with van der Waals surface area (Å²) >= 11 is 0. The number of furan rings is 4. The monoisotopic (exact) mass is 1180 g/mol. The molecule has 0 saturated carbocycles. The van der Waals surface area contributed by atoms with Crippen LogP contribution < -0.4 is 83.2 Å². The second-order valence-electron chi connectivity index (χ2n) is 23.7. The predicted octanol–water partition coefficient (Wildman–Crippen LogP) is 0.969. The predicted molar refractivity (Wildman–Crippen MR) is 360 cm³/mol. The van der Waals surface area contributed by atoms with Crippen molar-refractivity contribution in [3.63, 3.8) is 0 Å². The summed E-state index contributed by atoms with van der Waals surface area (Å²) in [5.41, 5.74) is 15.2. The molecular weight excluding hydrogens is 1100 g/mol. The molecule has 0 radical (unpaired) electrons. The molecule has 16 rings (SSSR count). The third-order valence-electron chi connectivity index (χ3n) is 17.3. The summed E-state index contributed by atoms with van der Waals surface area (Å²) in [4.78, 5) is 17.2. The number of para-hydroxylation sites is 2. The quantitative estimate of drug-likeness (QED) is 0.187. The van der Waals surface area contributed by atoms with Crippen molar-refractivity contribution in [2.75, 3.05) is 28.2 Å². The highest BCUT2D eigenvalue weighted by Crippen LogP contribution is 2.14. The summed E-state index contributed by atoms with van der Waals surface area (Å²) in [6.07, 6.45) is 19.4. The van der Waals surface area contributed by atoms with E-state index in [0.717, 1.165) is 81.4 Å². The fourth-order valence-electron chi connectivity index (χ4n) is 12.5. The lowest BCUT2D eigenvalue weighted by Crippen LogP contribution is -2.61. The molecule has 0 unspecified atom stereocenters. The fourth-order valence-corrected chi connectivity index (χ4v) is 12.5.